The minimum Gasteiger partial charge on any atom is -0.217 e. The molecule has 0 radical (unpaired) electrons. The highest BCUT2D eigenvalue weighted by molar-refractivity contribution is 8.27. The number of hydrogen-bond donors (Lipinski definition) is 0. The second-order valence-electron chi connectivity index (χ2n) is 15.5. The molecule has 5 rings (SSSR count). The van der Waals surface area contributed by atoms with Gasteiger partial charge < -0.3 is 0 Å². The van der Waals surface area contributed by atoms with E-state index in [9.17, 15) is 0 Å². The van der Waals surface area contributed by atoms with Crippen LogP contribution in [0, 0.1) is 52.8 Å². The number of benzene rings is 1. The molecule has 4 aliphatic carbocycles. The number of fused-ring (bicyclic) bond motifs is 4. The monoisotopic (exact) mass is 588 g/mol. The highest BCUT2D eigenvalue weighted by atomic mass is 32.2. The maximum absolute atomic E-state index is 4.76. The smallest absolute Gasteiger partial charge is 0.00653 e. The van der Waals surface area contributed by atoms with Crippen molar-refractivity contribution in [1.29, 1.82) is 0 Å². The molecule has 9 unspecified atom stereocenters. The zero-order valence-corrected chi connectivity index (χ0v) is 28.5. The summed E-state index contributed by atoms with van der Waals surface area (Å²) in [5.41, 5.74) is 8.48. The lowest BCUT2D eigenvalue weighted by atomic mass is 9.55. The van der Waals surface area contributed by atoms with E-state index in [4.69, 9.17) is 13.2 Å². The molecule has 4 aliphatic rings. The van der Waals surface area contributed by atoms with E-state index in [1.807, 2.05) is 0 Å². The van der Waals surface area contributed by atoms with Crippen LogP contribution in [0.25, 0.3) is 12.2 Å². The van der Waals surface area contributed by atoms with Gasteiger partial charge in [0.05, 0.1) is 0 Å². The third-order valence-electron chi connectivity index (χ3n) is 11.3. The maximum Gasteiger partial charge on any atom is 0.00653 e. The summed E-state index contributed by atoms with van der Waals surface area (Å²) in [5.74, 6) is 25.3. The van der Waals surface area contributed by atoms with E-state index in [1.54, 1.807) is 0 Å². The van der Waals surface area contributed by atoms with Crippen molar-refractivity contribution < 1.29 is 0 Å². The molecular weight excluding hydrogens is 533 g/mol. The van der Waals surface area contributed by atoms with Gasteiger partial charge in [0, 0.05) is 5.41 Å². The van der Waals surface area contributed by atoms with Gasteiger partial charge in [0.25, 0.3) is 0 Å². The summed E-state index contributed by atoms with van der Waals surface area (Å²) in [7, 11) is -2.20. The first kappa shape index (κ1) is 30.8. The average molecular weight is 589 g/mol. The summed E-state index contributed by atoms with van der Waals surface area (Å²) in [6.45, 7) is 19.3. The Kier molecular flexibility index (Phi) is 8.13. The molecule has 4 saturated carbocycles. The Hall–Kier alpha value is -1.64. The van der Waals surface area contributed by atoms with Crippen LogP contribution in [-0.4, -0.2) is 47.5 Å². The van der Waals surface area contributed by atoms with Gasteiger partial charge in [0.1, 0.15) is 0 Å². The van der Waals surface area contributed by atoms with E-state index in [-0.39, 0.29) is 5.41 Å². The van der Waals surface area contributed by atoms with E-state index in [0.29, 0.717) is 29.6 Å². The third kappa shape index (κ3) is 5.95. The maximum atomic E-state index is 4.76. The minimum absolute atomic E-state index is 0.162. The largest absolute Gasteiger partial charge is 0.217 e. The van der Waals surface area contributed by atoms with Crippen LogP contribution in [0.2, 0.25) is 0 Å². The van der Waals surface area contributed by atoms with Gasteiger partial charge in [-0.05, 0) is 130 Å². The first-order valence-electron chi connectivity index (χ1n) is 15.8. The molecular formula is C39H56S2. The molecule has 2 heteroatoms. The number of rotatable bonds is 6. The summed E-state index contributed by atoms with van der Waals surface area (Å²) in [5, 5.41) is 0. The Labute approximate surface area is 254 Å². The molecule has 4 fully saturated rings. The minimum atomic E-state index is -1.11. The lowest BCUT2D eigenvalue weighted by Crippen LogP contribution is -2.42. The highest BCUT2D eigenvalue weighted by Gasteiger charge is 2.55. The molecule has 0 nitrogen and oxygen atoms in total. The molecule has 0 saturated heterocycles. The molecule has 0 spiro atoms. The van der Waals surface area contributed by atoms with Crippen molar-refractivity contribution in [2.24, 2.45) is 52.8 Å². The van der Waals surface area contributed by atoms with Gasteiger partial charge in [-0.25, -0.2) is 18.4 Å². The van der Waals surface area contributed by atoms with Crippen LogP contribution in [0.1, 0.15) is 64.5 Å². The third-order valence-corrected chi connectivity index (χ3v) is 13.7. The van der Waals surface area contributed by atoms with E-state index >= 15 is 0 Å². The first-order valence-corrected chi connectivity index (χ1v) is 20.8. The molecule has 1 aromatic rings. The van der Waals surface area contributed by atoms with Crippen LogP contribution >= 0.6 is 18.4 Å². The predicted molar refractivity (Wildman–Crippen MR) is 197 cm³/mol. The molecule has 1 aromatic carbocycles. The average Bonchev–Trinajstić information content (AvgIpc) is 2.95. The van der Waals surface area contributed by atoms with Gasteiger partial charge in [0.15, 0.2) is 0 Å². The van der Waals surface area contributed by atoms with E-state index in [1.165, 1.54) is 59.1 Å². The fourth-order valence-corrected chi connectivity index (χ4v) is 12.7. The van der Waals surface area contributed by atoms with Gasteiger partial charge >= 0.3 is 0 Å². The van der Waals surface area contributed by atoms with Gasteiger partial charge in [-0.3, -0.25) is 0 Å². The molecule has 0 aromatic heterocycles. The zero-order chi connectivity index (χ0) is 30.1. The Morgan fingerprint density at radius 1 is 0.780 bits per heavy atom. The molecule has 0 heterocycles. The second kappa shape index (κ2) is 10.8. The highest BCUT2D eigenvalue weighted by Crippen LogP contribution is 2.64. The van der Waals surface area contributed by atoms with E-state index in [0.717, 1.165) is 29.3 Å². The van der Waals surface area contributed by atoms with Crippen molar-refractivity contribution in [3.8, 4) is 0 Å². The van der Waals surface area contributed by atoms with Crippen molar-refractivity contribution in [2.75, 3.05) is 24.0 Å². The summed E-state index contributed by atoms with van der Waals surface area (Å²) < 4.78 is 0. The van der Waals surface area contributed by atoms with Crippen molar-refractivity contribution in [2.45, 2.75) is 53.4 Å². The number of hydrogen-bond acceptors (Lipinski definition) is 0. The summed E-state index contributed by atoms with van der Waals surface area (Å²) >= 11 is 0. The fraction of sp³-hybridized carbons (Fsp3) is 0.538. The van der Waals surface area contributed by atoms with E-state index < -0.39 is 18.4 Å². The van der Waals surface area contributed by atoms with Crippen LogP contribution in [0.4, 0.5) is 0 Å². The van der Waals surface area contributed by atoms with Crippen LogP contribution < -0.4 is 0 Å². The van der Waals surface area contributed by atoms with Crippen LogP contribution in [0.3, 0.4) is 0 Å². The molecule has 224 valence electrons. The predicted octanol–water partition coefficient (Wildman–Crippen LogP) is 9.77. The molecule has 0 aliphatic heterocycles. The first-order chi connectivity index (χ1) is 19.0. The topological polar surface area (TPSA) is 0 Å². The fourth-order valence-electron chi connectivity index (χ4n) is 9.59. The van der Waals surface area contributed by atoms with Crippen LogP contribution in [0.5, 0.6) is 0 Å². The Balaban J connectivity index is 1.45. The van der Waals surface area contributed by atoms with Crippen molar-refractivity contribution in [1.82, 2.24) is 0 Å². The lowest BCUT2D eigenvalue weighted by molar-refractivity contribution is 0.0987. The quantitative estimate of drug-likeness (QED) is 0.290. The molecule has 41 heavy (non-hydrogen) atoms. The molecule has 9 atom stereocenters. The van der Waals surface area contributed by atoms with Crippen molar-refractivity contribution in [3.05, 3.63) is 70.8 Å². The second-order valence-corrected chi connectivity index (χ2v) is 22.1. The molecule has 0 amide bonds. The summed E-state index contributed by atoms with van der Waals surface area (Å²) in [4.78, 5) is 0. The van der Waals surface area contributed by atoms with Gasteiger partial charge in [-0.1, -0.05) is 101 Å². The van der Waals surface area contributed by atoms with Gasteiger partial charge in [-0.2, -0.15) is 0 Å². The number of allylic oxidation sites excluding steroid dienone is 4. The van der Waals surface area contributed by atoms with Gasteiger partial charge in [0.2, 0.25) is 0 Å². The Bertz CT molecular complexity index is 1490. The Morgan fingerprint density at radius 2 is 1.34 bits per heavy atom. The SMILES string of the molecule is C=C1C(=Cc2ccc(C=C3C(=C)C4(CS(=C)(=C)C)CC(C)CC3C4C)cc2)C2CC(C)CC(C1CS(=C)(=C)C)C2C. The van der Waals surface area contributed by atoms with Crippen molar-refractivity contribution in [3.63, 3.8) is 0 Å². The molecule has 0 N–H and O–H groups in total. The zero-order valence-electron chi connectivity index (χ0n) is 26.9. The van der Waals surface area contributed by atoms with Crippen LogP contribution in [0.15, 0.2) is 59.7 Å². The molecule has 4 bridgehead atoms. The Morgan fingerprint density at radius 3 is 1.90 bits per heavy atom. The van der Waals surface area contributed by atoms with Gasteiger partial charge in [-0.15, -0.1) is 0 Å². The summed E-state index contributed by atoms with van der Waals surface area (Å²) in [6.07, 6.45) is 14.5. The van der Waals surface area contributed by atoms with Crippen LogP contribution in [-0.2, 0) is 0 Å². The standard InChI is InChI=1S/C39H56S2/c1-25-17-33-27(3)34(18-25)38(23-40(7,8)9)28(4)35(33)20-31-13-15-32(16-14-31)21-37-30(6)39(24-41(10,11)12)22-26(2)19-36(37)29(39)5/h13-16,20-21,25-27,29,33-34,36,38H,4,6-8,10-11,17-19,22-24H2,1-3,5,9,12H3. The van der Waals surface area contributed by atoms with E-state index in [2.05, 4.69) is 100 Å². The normalized spacial score (nSPS) is 39.5. The lowest BCUT2D eigenvalue weighted by Gasteiger charge is -2.51. The van der Waals surface area contributed by atoms with Crippen molar-refractivity contribution >= 4 is 54.0 Å². The summed E-state index contributed by atoms with van der Waals surface area (Å²) in [6, 6.07) is 9.28.